The number of rotatable bonds is 1. The number of nitrogens with two attached hydrogens (primary N) is 1. The lowest BCUT2D eigenvalue weighted by atomic mass is 9.86. The van der Waals surface area contributed by atoms with E-state index in [1.807, 2.05) is 17.4 Å². The van der Waals surface area contributed by atoms with Crippen molar-refractivity contribution in [3.8, 4) is 0 Å². The highest BCUT2D eigenvalue weighted by atomic mass is 15.4. The van der Waals surface area contributed by atoms with E-state index in [9.17, 15) is 0 Å². The maximum Gasteiger partial charge on any atom is 0.0346 e. The van der Waals surface area contributed by atoms with Gasteiger partial charge in [-0.15, -0.1) is 0 Å². The molecule has 0 amide bonds. The maximum absolute atomic E-state index is 5.84. The van der Waals surface area contributed by atoms with Gasteiger partial charge in [0.15, 0.2) is 0 Å². The van der Waals surface area contributed by atoms with Gasteiger partial charge in [-0.1, -0.05) is 18.2 Å². The van der Waals surface area contributed by atoms with Crippen molar-refractivity contribution in [1.29, 1.82) is 0 Å². The fourth-order valence-electron chi connectivity index (χ4n) is 3.00. The molecule has 94 valence electrons. The molecule has 0 spiro atoms. The second-order valence-electron chi connectivity index (χ2n) is 5.21. The molecule has 1 aromatic carbocycles. The van der Waals surface area contributed by atoms with Gasteiger partial charge < -0.3 is 0 Å². The van der Waals surface area contributed by atoms with Crippen LogP contribution in [0.2, 0.25) is 0 Å². The summed E-state index contributed by atoms with van der Waals surface area (Å²) in [6, 6.07) is 6.57. The molecule has 0 radical (unpaired) electrons. The average Bonchev–Trinajstić information content (AvgIpc) is 2.39. The molecule has 2 heterocycles. The monoisotopic (exact) mass is 241 g/mol. The van der Waals surface area contributed by atoms with E-state index in [4.69, 9.17) is 5.84 Å². The van der Waals surface area contributed by atoms with Gasteiger partial charge in [-0.2, -0.15) is 0 Å². The van der Waals surface area contributed by atoms with Gasteiger partial charge >= 0.3 is 0 Å². The lowest BCUT2D eigenvalue weighted by molar-refractivity contribution is 0.218. The Kier molecular flexibility index (Phi) is 3.02. The summed E-state index contributed by atoms with van der Waals surface area (Å²) in [7, 11) is 0. The SMILES string of the molecule is Cc1cncc2cccc(C3CCN(N)CC3)c12. The minimum Gasteiger partial charge on any atom is -0.269 e. The Morgan fingerprint density at radius 1 is 1.22 bits per heavy atom. The molecule has 2 N–H and O–H groups in total. The van der Waals surface area contributed by atoms with E-state index in [0.717, 1.165) is 25.9 Å². The van der Waals surface area contributed by atoms with E-state index in [1.165, 1.54) is 21.9 Å². The van der Waals surface area contributed by atoms with Crippen molar-refractivity contribution in [2.45, 2.75) is 25.7 Å². The Hall–Kier alpha value is -1.45. The minimum atomic E-state index is 0.634. The van der Waals surface area contributed by atoms with E-state index in [-0.39, 0.29) is 0 Å². The normalized spacial score (nSPS) is 18.3. The van der Waals surface area contributed by atoms with Gasteiger partial charge in [0.05, 0.1) is 0 Å². The van der Waals surface area contributed by atoms with Gasteiger partial charge in [0.2, 0.25) is 0 Å². The van der Waals surface area contributed by atoms with Crippen LogP contribution in [0.4, 0.5) is 0 Å². The Morgan fingerprint density at radius 3 is 2.78 bits per heavy atom. The van der Waals surface area contributed by atoms with Crippen LogP contribution in [0.3, 0.4) is 0 Å². The first-order chi connectivity index (χ1) is 8.75. The topological polar surface area (TPSA) is 42.2 Å². The second kappa shape index (κ2) is 4.67. The molecule has 3 rings (SSSR count). The molecule has 0 unspecified atom stereocenters. The molecule has 0 aliphatic carbocycles. The van der Waals surface area contributed by atoms with Crippen LogP contribution < -0.4 is 5.84 Å². The number of aromatic nitrogens is 1. The highest BCUT2D eigenvalue weighted by Crippen LogP contribution is 2.33. The van der Waals surface area contributed by atoms with E-state index in [1.54, 1.807) is 0 Å². The summed E-state index contributed by atoms with van der Waals surface area (Å²) >= 11 is 0. The molecule has 1 fully saturated rings. The number of aryl methyl sites for hydroxylation is 1. The molecule has 1 aliphatic rings. The minimum absolute atomic E-state index is 0.634. The summed E-state index contributed by atoms with van der Waals surface area (Å²) in [5.74, 6) is 6.47. The molecule has 0 atom stereocenters. The zero-order valence-corrected chi connectivity index (χ0v) is 10.8. The number of piperidine rings is 1. The number of nitrogens with zero attached hydrogens (tertiary/aromatic N) is 2. The molecular weight excluding hydrogens is 222 g/mol. The Labute approximate surface area is 108 Å². The molecule has 1 saturated heterocycles. The lowest BCUT2D eigenvalue weighted by Crippen LogP contribution is -2.38. The van der Waals surface area contributed by atoms with Gasteiger partial charge in [-0.25, -0.2) is 5.01 Å². The summed E-state index contributed by atoms with van der Waals surface area (Å²) in [6.45, 7) is 4.13. The molecule has 2 aromatic rings. The molecule has 3 nitrogen and oxygen atoms in total. The van der Waals surface area contributed by atoms with Crippen LogP contribution in [0.1, 0.15) is 29.9 Å². The molecule has 18 heavy (non-hydrogen) atoms. The van der Waals surface area contributed by atoms with Gasteiger partial charge in [0, 0.05) is 30.9 Å². The predicted octanol–water partition coefficient (Wildman–Crippen LogP) is 2.60. The molecule has 1 aromatic heterocycles. The summed E-state index contributed by atoms with van der Waals surface area (Å²) in [5, 5.41) is 4.57. The van der Waals surface area contributed by atoms with Gasteiger partial charge in [0.1, 0.15) is 0 Å². The van der Waals surface area contributed by atoms with Crippen molar-refractivity contribution in [2.75, 3.05) is 13.1 Å². The quantitative estimate of drug-likeness (QED) is 0.780. The molecule has 1 aliphatic heterocycles. The largest absolute Gasteiger partial charge is 0.269 e. The maximum atomic E-state index is 5.84. The Balaban J connectivity index is 2.06. The third kappa shape index (κ3) is 2.00. The second-order valence-corrected chi connectivity index (χ2v) is 5.21. The molecular formula is C15H19N3. The molecule has 0 saturated carbocycles. The van der Waals surface area contributed by atoms with E-state index in [0.29, 0.717) is 5.92 Å². The molecule has 0 bridgehead atoms. The van der Waals surface area contributed by atoms with Gasteiger partial charge in [0.25, 0.3) is 0 Å². The first kappa shape index (κ1) is 11.6. The summed E-state index contributed by atoms with van der Waals surface area (Å²) in [6.07, 6.45) is 6.22. The van der Waals surface area contributed by atoms with Crippen LogP contribution in [0, 0.1) is 6.92 Å². The van der Waals surface area contributed by atoms with E-state index < -0.39 is 0 Å². The molecule has 3 heteroatoms. The summed E-state index contributed by atoms with van der Waals surface area (Å²) in [4.78, 5) is 4.28. The average molecular weight is 241 g/mol. The fourth-order valence-corrected chi connectivity index (χ4v) is 3.00. The van der Waals surface area contributed by atoms with Crippen molar-refractivity contribution >= 4 is 10.8 Å². The van der Waals surface area contributed by atoms with Crippen molar-refractivity contribution < 1.29 is 0 Å². The zero-order valence-electron chi connectivity index (χ0n) is 10.8. The fraction of sp³-hybridized carbons (Fsp3) is 0.400. The standard InChI is InChI=1S/C15H19N3/c1-11-9-17-10-13-3-2-4-14(15(11)13)12-5-7-18(16)8-6-12/h2-4,9-10,12H,5-8,16H2,1H3. The summed E-state index contributed by atoms with van der Waals surface area (Å²) < 4.78 is 0. The first-order valence-corrected chi connectivity index (χ1v) is 6.58. The number of benzene rings is 1. The number of hydrogen-bond donors (Lipinski definition) is 1. The van der Waals surface area contributed by atoms with E-state index in [2.05, 4.69) is 30.1 Å². The third-order valence-corrected chi connectivity index (χ3v) is 3.97. The smallest absolute Gasteiger partial charge is 0.0346 e. The third-order valence-electron chi connectivity index (χ3n) is 3.97. The highest BCUT2D eigenvalue weighted by Gasteiger charge is 2.20. The highest BCUT2D eigenvalue weighted by molar-refractivity contribution is 5.88. The predicted molar refractivity (Wildman–Crippen MR) is 74.2 cm³/mol. The lowest BCUT2D eigenvalue weighted by Gasteiger charge is -2.29. The van der Waals surface area contributed by atoms with Gasteiger partial charge in [-0.05, 0) is 42.2 Å². The van der Waals surface area contributed by atoms with E-state index >= 15 is 0 Å². The zero-order chi connectivity index (χ0) is 12.5. The number of fused-ring (bicyclic) bond motifs is 1. The number of hydrazine groups is 1. The van der Waals surface area contributed by atoms with Crippen molar-refractivity contribution in [1.82, 2.24) is 9.99 Å². The van der Waals surface area contributed by atoms with Crippen LogP contribution in [-0.2, 0) is 0 Å². The van der Waals surface area contributed by atoms with Crippen molar-refractivity contribution in [3.05, 3.63) is 41.7 Å². The Bertz CT molecular complexity index is 551. The van der Waals surface area contributed by atoms with Crippen molar-refractivity contribution in [2.24, 2.45) is 5.84 Å². The number of hydrogen-bond acceptors (Lipinski definition) is 3. The van der Waals surface area contributed by atoms with Crippen LogP contribution in [0.15, 0.2) is 30.6 Å². The van der Waals surface area contributed by atoms with Crippen LogP contribution in [0.25, 0.3) is 10.8 Å². The Morgan fingerprint density at radius 2 is 2.00 bits per heavy atom. The number of pyridine rings is 1. The van der Waals surface area contributed by atoms with Crippen LogP contribution in [0.5, 0.6) is 0 Å². The van der Waals surface area contributed by atoms with Crippen molar-refractivity contribution in [3.63, 3.8) is 0 Å². The van der Waals surface area contributed by atoms with Crippen LogP contribution >= 0.6 is 0 Å². The summed E-state index contributed by atoms with van der Waals surface area (Å²) in [5.41, 5.74) is 2.75. The van der Waals surface area contributed by atoms with Gasteiger partial charge in [-0.3, -0.25) is 10.8 Å². The first-order valence-electron chi connectivity index (χ1n) is 6.58. The van der Waals surface area contributed by atoms with Crippen LogP contribution in [-0.4, -0.2) is 23.1 Å².